The number of hydrogen-bond donors (Lipinski definition) is 5. The Bertz CT molecular complexity index is 512. The molecule has 0 unspecified atom stereocenters. The highest BCUT2D eigenvalue weighted by molar-refractivity contribution is 9.10. The van der Waals surface area contributed by atoms with Gasteiger partial charge >= 0.3 is 0 Å². The van der Waals surface area contributed by atoms with E-state index in [0.717, 1.165) is 4.47 Å². The fourth-order valence-electron chi connectivity index (χ4n) is 2.35. The molecule has 8 heteroatoms. The van der Waals surface area contributed by atoms with E-state index in [2.05, 4.69) is 26.6 Å². The van der Waals surface area contributed by atoms with Crippen molar-refractivity contribution in [3.63, 3.8) is 0 Å². The van der Waals surface area contributed by atoms with Gasteiger partial charge < -0.3 is 30.7 Å². The summed E-state index contributed by atoms with van der Waals surface area (Å²) in [5, 5.41) is 34.9. The van der Waals surface area contributed by atoms with Gasteiger partial charge in [0.25, 0.3) is 0 Å². The lowest BCUT2D eigenvalue weighted by Gasteiger charge is -2.43. The van der Waals surface area contributed by atoms with Crippen LogP contribution in [-0.2, 0) is 9.53 Å². The smallest absolute Gasteiger partial charge is 0.217 e. The highest BCUT2D eigenvalue weighted by Gasteiger charge is 2.44. The van der Waals surface area contributed by atoms with Crippen LogP contribution in [0.15, 0.2) is 28.7 Å². The Morgan fingerprint density at radius 1 is 1.27 bits per heavy atom. The molecular weight excluding hydrogens is 356 g/mol. The van der Waals surface area contributed by atoms with Crippen molar-refractivity contribution in [1.29, 1.82) is 0 Å². The van der Waals surface area contributed by atoms with Gasteiger partial charge in [-0.15, -0.1) is 0 Å². The molecule has 22 heavy (non-hydrogen) atoms. The first kappa shape index (κ1) is 17.2. The molecule has 7 nitrogen and oxygen atoms in total. The largest absolute Gasteiger partial charge is 0.394 e. The molecule has 0 aromatic heterocycles. The Hall–Kier alpha value is -1.19. The van der Waals surface area contributed by atoms with Crippen molar-refractivity contribution in [2.24, 2.45) is 0 Å². The van der Waals surface area contributed by atoms with Gasteiger partial charge in [-0.25, -0.2) is 0 Å². The van der Waals surface area contributed by atoms with Crippen LogP contribution < -0.4 is 10.6 Å². The molecule has 1 fully saturated rings. The number of nitrogens with one attached hydrogen (secondary N) is 2. The van der Waals surface area contributed by atoms with Crippen LogP contribution in [0.4, 0.5) is 5.69 Å². The second-order valence-corrected chi connectivity index (χ2v) is 6.05. The molecule has 1 aliphatic rings. The summed E-state index contributed by atoms with van der Waals surface area (Å²) in [4.78, 5) is 11.3. The summed E-state index contributed by atoms with van der Waals surface area (Å²) in [6.07, 6.45) is -4.28. The summed E-state index contributed by atoms with van der Waals surface area (Å²) in [6.45, 7) is 0.872. The molecular formula is C14H19BrN2O5. The van der Waals surface area contributed by atoms with Crippen molar-refractivity contribution in [1.82, 2.24) is 5.32 Å². The van der Waals surface area contributed by atoms with E-state index < -0.39 is 37.2 Å². The minimum Gasteiger partial charge on any atom is -0.394 e. The average Bonchev–Trinajstić information content (AvgIpc) is 2.48. The monoisotopic (exact) mass is 374 g/mol. The van der Waals surface area contributed by atoms with Gasteiger partial charge in [-0.05, 0) is 24.3 Å². The molecule has 0 saturated carbocycles. The van der Waals surface area contributed by atoms with E-state index in [0.29, 0.717) is 5.69 Å². The molecule has 2 rings (SSSR count). The maximum absolute atomic E-state index is 11.3. The predicted molar refractivity (Wildman–Crippen MR) is 83.1 cm³/mol. The third-order valence-corrected chi connectivity index (χ3v) is 3.98. The van der Waals surface area contributed by atoms with E-state index in [1.807, 2.05) is 12.1 Å². The molecule has 122 valence electrons. The van der Waals surface area contributed by atoms with E-state index in [-0.39, 0.29) is 5.91 Å². The van der Waals surface area contributed by atoms with Crippen molar-refractivity contribution >= 4 is 27.5 Å². The van der Waals surface area contributed by atoms with E-state index in [9.17, 15) is 20.1 Å². The van der Waals surface area contributed by atoms with Gasteiger partial charge in [-0.3, -0.25) is 4.79 Å². The summed E-state index contributed by atoms with van der Waals surface area (Å²) in [5.74, 6) is -0.357. The van der Waals surface area contributed by atoms with Gasteiger partial charge in [0.2, 0.25) is 5.91 Å². The van der Waals surface area contributed by atoms with Crippen LogP contribution in [-0.4, -0.2) is 58.4 Å². The normalized spacial score (nSPS) is 31.6. The number of anilines is 1. The Morgan fingerprint density at radius 2 is 1.91 bits per heavy atom. The number of aliphatic hydroxyl groups is 3. The third kappa shape index (κ3) is 3.96. The number of aliphatic hydroxyl groups excluding tert-OH is 3. The van der Waals surface area contributed by atoms with Gasteiger partial charge in [0.05, 0.1) is 6.61 Å². The number of rotatable bonds is 4. The molecule has 1 amide bonds. The Kier molecular flexibility index (Phi) is 5.76. The molecule has 0 aliphatic carbocycles. The first-order valence-corrected chi connectivity index (χ1v) is 7.63. The summed E-state index contributed by atoms with van der Waals surface area (Å²) >= 11 is 3.33. The number of ether oxygens (including phenoxy) is 1. The van der Waals surface area contributed by atoms with Crippen LogP contribution in [0.3, 0.4) is 0 Å². The van der Waals surface area contributed by atoms with Crippen molar-refractivity contribution in [2.45, 2.75) is 37.5 Å². The van der Waals surface area contributed by atoms with Gasteiger partial charge in [0.15, 0.2) is 6.23 Å². The van der Waals surface area contributed by atoms with Crippen molar-refractivity contribution in [3.8, 4) is 0 Å². The standard InChI is InChI=1S/C14H19BrN2O5/c1-7(19)16-11-13(21)12(20)10(6-18)22-14(11)17-9-4-2-8(15)3-5-9/h2-5,10-14,17-18,20-21H,6H2,1H3,(H,16,19)/t10-,11+,12-,13-,14-/m1/s1. The molecule has 0 spiro atoms. The minimum absolute atomic E-state index is 0.357. The second kappa shape index (κ2) is 7.38. The molecule has 0 radical (unpaired) electrons. The van der Waals surface area contributed by atoms with Crippen LogP contribution >= 0.6 is 15.9 Å². The van der Waals surface area contributed by atoms with Gasteiger partial charge in [0, 0.05) is 17.1 Å². The number of hydrogen-bond acceptors (Lipinski definition) is 6. The van der Waals surface area contributed by atoms with Crippen molar-refractivity contribution < 1.29 is 24.9 Å². The minimum atomic E-state index is -1.29. The molecule has 1 heterocycles. The zero-order chi connectivity index (χ0) is 16.3. The lowest BCUT2D eigenvalue weighted by atomic mass is 9.96. The number of benzene rings is 1. The van der Waals surface area contributed by atoms with Crippen LogP contribution in [0, 0.1) is 0 Å². The third-order valence-electron chi connectivity index (χ3n) is 3.45. The quantitative estimate of drug-likeness (QED) is 0.499. The van der Waals surface area contributed by atoms with Crippen LogP contribution in [0.2, 0.25) is 0 Å². The van der Waals surface area contributed by atoms with Gasteiger partial charge in [-0.1, -0.05) is 15.9 Å². The zero-order valence-corrected chi connectivity index (χ0v) is 13.5. The number of carbonyl (C=O) groups is 1. The Balaban J connectivity index is 2.18. The fourth-order valence-corrected chi connectivity index (χ4v) is 2.61. The maximum Gasteiger partial charge on any atom is 0.217 e. The van der Waals surface area contributed by atoms with E-state index in [4.69, 9.17) is 4.74 Å². The van der Waals surface area contributed by atoms with Crippen LogP contribution in [0.25, 0.3) is 0 Å². The van der Waals surface area contributed by atoms with Crippen LogP contribution in [0.1, 0.15) is 6.92 Å². The summed E-state index contributed by atoms with van der Waals surface area (Å²) in [7, 11) is 0. The number of halogens is 1. The summed E-state index contributed by atoms with van der Waals surface area (Å²) < 4.78 is 6.48. The van der Waals surface area contributed by atoms with E-state index in [1.54, 1.807) is 12.1 Å². The SMILES string of the molecule is CC(=O)N[C@H]1[C@@H](O)[C@H](O)[C@@H](CO)O[C@H]1Nc1ccc(Br)cc1. The first-order chi connectivity index (χ1) is 10.4. The molecule has 1 saturated heterocycles. The lowest BCUT2D eigenvalue weighted by Crippen LogP contribution is -2.65. The Morgan fingerprint density at radius 3 is 2.45 bits per heavy atom. The first-order valence-electron chi connectivity index (χ1n) is 6.84. The zero-order valence-electron chi connectivity index (χ0n) is 11.9. The Labute approximate surface area is 136 Å². The molecule has 5 N–H and O–H groups in total. The lowest BCUT2D eigenvalue weighted by molar-refractivity contribution is -0.188. The fraction of sp³-hybridized carbons (Fsp3) is 0.500. The van der Waals surface area contributed by atoms with Crippen molar-refractivity contribution in [2.75, 3.05) is 11.9 Å². The highest BCUT2D eigenvalue weighted by atomic mass is 79.9. The number of carbonyl (C=O) groups excluding carboxylic acids is 1. The predicted octanol–water partition coefficient (Wildman–Crippen LogP) is -0.195. The molecule has 0 bridgehead atoms. The summed E-state index contributed by atoms with van der Waals surface area (Å²) in [5.41, 5.74) is 0.712. The maximum atomic E-state index is 11.3. The molecule has 1 aliphatic heterocycles. The summed E-state index contributed by atoms with van der Waals surface area (Å²) in [6, 6.07) is 6.40. The van der Waals surface area contributed by atoms with Crippen molar-refractivity contribution in [3.05, 3.63) is 28.7 Å². The molecule has 1 aromatic carbocycles. The van der Waals surface area contributed by atoms with E-state index >= 15 is 0 Å². The number of amides is 1. The second-order valence-electron chi connectivity index (χ2n) is 5.14. The topological polar surface area (TPSA) is 111 Å². The van der Waals surface area contributed by atoms with Gasteiger partial charge in [0.1, 0.15) is 24.4 Å². The average molecular weight is 375 g/mol. The highest BCUT2D eigenvalue weighted by Crippen LogP contribution is 2.23. The van der Waals surface area contributed by atoms with Gasteiger partial charge in [-0.2, -0.15) is 0 Å². The molecule has 1 aromatic rings. The van der Waals surface area contributed by atoms with Crippen LogP contribution in [0.5, 0.6) is 0 Å². The van der Waals surface area contributed by atoms with E-state index in [1.165, 1.54) is 6.92 Å². The molecule has 5 atom stereocenters.